The lowest BCUT2D eigenvalue weighted by Gasteiger charge is -2.13. The van der Waals surface area contributed by atoms with Crippen molar-refractivity contribution in [3.63, 3.8) is 0 Å². The van der Waals surface area contributed by atoms with Crippen molar-refractivity contribution in [3.05, 3.63) is 65.9 Å². The Kier molecular flexibility index (Phi) is 2.78. The Morgan fingerprint density at radius 3 is 2.95 bits per heavy atom. The van der Waals surface area contributed by atoms with Crippen molar-refractivity contribution in [1.82, 2.24) is 4.57 Å². The van der Waals surface area contributed by atoms with Crippen LogP contribution in [0.1, 0.15) is 15.9 Å². The van der Waals surface area contributed by atoms with E-state index in [-0.39, 0.29) is 6.10 Å². The summed E-state index contributed by atoms with van der Waals surface area (Å²) in [4.78, 5) is 10.9. The first-order valence-corrected chi connectivity index (χ1v) is 7.12. The largest absolute Gasteiger partial charge is 0.488 e. The van der Waals surface area contributed by atoms with Crippen molar-refractivity contribution in [2.75, 3.05) is 0 Å². The van der Waals surface area contributed by atoms with Crippen LogP contribution in [-0.2, 0) is 13.0 Å². The number of para-hydroxylation sites is 1. The molecule has 3 heteroatoms. The van der Waals surface area contributed by atoms with E-state index in [0.717, 1.165) is 35.9 Å². The molecule has 0 amide bonds. The van der Waals surface area contributed by atoms with Gasteiger partial charge in [-0.2, -0.15) is 0 Å². The number of carbonyl (C=O) groups is 1. The smallest absolute Gasteiger partial charge is 0.150 e. The van der Waals surface area contributed by atoms with Crippen LogP contribution in [0.2, 0.25) is 0 Å². The molecular weight excluding hydrogens is 262 g/mol. The Labute approximate surface area is 122 Å². The van der Waals surface area contributed by atoms with Crippen LogP contribution in [0.25, 0.3) is 10.9 Å². The molecule has 2 aromatic carbocycles. The minimum absolute atomic E-state index is 0.151. The third kappa shape index (κ3) is 2.11. The van der Waals surface area contributed by atoms with Gasteiger partial charge < -0.3 is 9.30 Å². The van der Waals surface area contributed by atoms with Crippen LogP contribution < -0.4 is 4.74 Å². The highest BCUT2D eigenvalue weighted by Crippen LogP contribution is 2.29. The second kappa shape index (κ2) is 4.77. The first kappa shape index (κ1) is 12.2. The maximum atomic E-state index is 10.9. The van der Waals surface area contributed by atoms with E-state index in [2.05, 4.69) is 22.9 Å². The zero-order valence-corrected chi connectivity index (χ0v) is 11.5. The van der Waals surface area contributed by atoms with E-state index >= 15 is 0 Å². The van der Waals surface area contributed by atoms with Gasteiger partial charge >= 0.3 is 0 Å². The molecule has 21 heavy (non-hydrogen) atoms. The molecule has 1 aromatic heterocycles. The molecule has 1 unspecified atom stereocenters. The molecule has 0 bridgehead atoms. The van der Waals surface area contributed by atoms with Crippen molar-refractivity contribution in [2.24, 2.45) is 0 Å². The molecular formula is C18H15NO2. The van der Waals surface area contributed by atoms with Crippen LogP contribution >= 0.6 is 0 Å². The molecule has 0 fully saturated rings. The molecule has 3 nitrogen and oxygen atoms in total. The Balaban J connectivity index is 1.62. The molecule has 1 atom stereocenters. The predicted octanol–water partition coefficient (Wildman–Crippen LogP) is 3.46. The predicted molar refractivity (Wildman–Crippen MR) is 81.9 cm³/mol. The van der Waals surface area contributed by atoms with E-state index in [4.69, 9.17) is 4.74 Å². The van der Waals surface area contributed by atoms with Crippen molar-refractivity contribution < 1.29 is 9.53 Å². The summed E-state index contributed by atoms with van der Waals surface area (Å²) in [5.74, 6) is 0.993. The van der Waals surface area contributed by atoms with Gasteiger partial charge in [0.15, 0.2) is 0 Å². The molecule has 0 saturated carbocycles. The first-order valence-electron chi connectivity index (χ1n) is 7.12. The van der Waals surface area contributed by atoms with Crippen molar-refractivity contribution in [3.8, 4) is 5.75 Å². The zero-order valence-electron chi connectivity index (χ0n) is 11.5. The van der Waals surface area contributed by atoms with E-state index in [1.54, 1.807) is 0 Å². The van der Waals surface area contributed by atoms with Gasteiger partial charge in [-0.25, -0.2) is 0 Å². The number of hydrogen-bond acceptors (Lipinski definition) is 2. The van der Waals surface area contributed by atoms with E-state index in [1.807, 2.05) is 36.4 Å². The number of carbonyl (C=O) groups excluding carboxylic acids is 1. The monoisotopic (exact) mass is 277 g/mol. The first-order chi connectivity index (χ1) is 10.3. The summed E-state index contributed by atoms with van der Waals surface area (Å²) in [7, 11) is 0. The van der Waals surface area contributed by atoms with Crippen molar-refractivity contribution in [2.45, 2.75) is 19.1 Å². The van der Waals surface area contributed by atoms with Gasteiger partial charge in [0.05, 0.1) is 6.54 Å². The van der Waals surface area contributed by atoms with E-state index < -0.39 is 0 Å². The number of nitrogens with zero attached hydrogens (tertiary/aromatic N) is 1. The van der Waals surface area contributed by atoms with Crippen LogP contribution in [0.5, 0.6) is 5.75 Å². The molecule has 0 N–H and O–H groups in total. The summed E-state index contributed by atoms with van der Waals surface area (Å²) in [6.07, 6.45) is 4.03. The van der Waals surface area contributed by atoms with Gasteiger partial charge in [-0.05, 0) is 29.1 Å². The minimum atomic E-state index is 0.151. The Bertz CT molecular complexity index is 794. The maximum Gasteiger partial charge on any atom is 0.150 e. The van der Waals surface area contributed by atoms with Crippen molar-refractivity contribution in [1.29, 1.82) is 0 Å². The number of aldehydes is 1. The normalized spacial score (nSPS) is 16.7. The average molecular weight is 277 g/mol. The Morgan fingerprint density at radius 1 is 1.19 bits per heavy atom. The Morgan fingerprint density at radius 2 is 2.10 bits per heavy atom. The van der Waals surface area contributed by atoms with Crippen LogP contribution in [0.15, 0.2) is 54.7 Å². The molecule has 0 saturated heterocycles. The lowest BCUT2D eigenvalue weighted by Crippen LogP contribution is -2.20. The van der Waals surface area contributed by atoms with Crippen LogP contribution in [0.4, 0.5) is 0 Å². The number of hydrogen-bond donors (Lipinski definition) is 0. The molecule has 3 aromatic rings. The van der Waals surface area contributed by atoms with Gasteiger partial charge in [0.2, 0.25) is 0 Å². The van der Waals surface area contributed by atoms with Gasteiger partial charge in [-0.1, -0.05) is 30.3 Å². The number of ether oxygens (including phenoxy) is 1. The minimum Gasteiger partial charge on any atom is -0.488 e. The number of fused-ring (bicyclic) bond motifs is 2. The van der Waals surface area contributed by atoms with E-state index in [0.29, 0.717) is 5.56 Å². The fourth-order valence-electron chi connectivity index (χ4n) is 3.01. The SMILES string of the molecule is O=Cc1ccc2ccn(CC3Cc4ccccc4O3)c2c1. The van der Waals surface area contributed by atoms with Crippen LogP contribution in [0, 0.1) is 0 Å². The maximum absolute atomic E-state index is 10.9. The van der Waals surface area contributed by atoms with Gasteiger partial charge in [0.25, 0.3) is 0 Å². The molecule has 1 aliphatic heterocycles. The summed E-state index contributed by atoms with van der Waals surface area (Å²) < 4.78 is 8.16. The fourth-order valence-corrected chi connectivity index (χ4v) is 3.01. The third-order valence-corrected chi connectivity index (χ3v) is 4.05. The van der Waals surface area contributed by atoms with Crippen LogP contribution in [-0.4, -0.2) is 17.0 Å². The van der Waals surface area contributed by atoms with Gasteiger partial charge in [0, 0.05) is 23.7 Å². The molecule has 2 heterocycles. The molecule has 0 aliphatic carbocycles. The lowest BCUT2D eigenvalue weighted by molar-refractivity contribution is 0.112. The van der Waals surface area contributed by atoms with Crippen molar-refractivity contribution >= 4 is 17.2 Å². The summed E-state index contributed by atoms with van der Waals surface area (Å²) in [6, 6.07) is 16.0. The van der Waals surface area contributed by atoms with Gasteiger partial charge in [0.1, 0.15) is 18.1 Å². The van der Waals surface area contributed by atoms with E-state index in [9.17, 15) is 4.79 Å². The topological polar surface area (TPSA) is 31.2 Å². The molecule has 0 radical (unpaired) electrons. The number of rotatable bonds is 3. The lowest BCUT2D eigenvalue weighted by atomic mass is 10.1. The van der Waals surface area contributed by atoms with Gasteiger partial charge in [-0.3, -0.25) is 4.79 Å². The average Bonchev–Trinajstić information content (AvgIpc) is 3.10. The molecule has 4 rings (SSSR count). The molecule has 104 valence electrons. The summed E-state index contributed by atoms with van der Waals surface area (Å²) >= 11 is 0. The highest BCUT2D eigenvalue weighted by Gasteiger charge is 2.22. The van der Waals surface area contributed by atoms with Crippen LogP contribution in [0.3, 0.4) is 0 Å². The number of benzene rings is 2. The highest BCUT2D eigenvalue weighted by molar-refractivity contribution is 5.87. The molecule has 1 aliphatic rings. The summed E-state index contributed by atoms with van der Waals surface area (Å²) in [5.41, 5.74) is 3.06. The standard InChI is InChI=1S/C18H15NO2/c20-12-13-5-6-14-7-8-19(17(14)9-13)11-16-10-15-3-1-2-4-18(15)21-16/h1-9,12,16H,10-11H2. The highest BCUT2D eigenvalue weighted by atomic mass is 16.5. The fraction of sp³-hybridized carbons (Fsp3) is 0.167. The summed E-state index contributed by atoms with van der Waals surface area (Å²) in [6.45, 7) is 0.792. The third-order valence-electron chi connectivity index (χ3n) is 4.05. The summed E-state index contributed by atoms with van der Waals surface area (Å²) in [5, 5.41) is 1.15. The quantitative estimate of drug-likeness (QED) is 0.686. The van der Waals surface area contributed by atoms with E-state index in [1.165, 1.54) is 5.56 Å². The zero-order chi connectivity index (χ0) is 14.2. The second-order valence-electron chi connectivity index (χ2n) is 5.46. The van der Waals surface area contributed by atoms with Gasteiger partial charge in [-0.15, -0.1) is 0 Å². The second-order valence-corrected chi connectivity index (χ2v) is 5.46. The Hall–Kier alpha value is -2.55. The molecule has 0 spiro atoms. The number of aromatic nitrogens is 1.